The second-order valence-electron chi connectivity index (χ2n) is 4.56. The minimum Gasteiger partial charge on any atom is -0.495 e. The molecule has 1 aromatic carbocycles. The third kappa shape index (κ3) is 6.54. The number of aliphatic hydroxyl groups is 1. The van der Waals surface area contributed by atoms with E-state index >= 15 is 0 Å². The Morgan fingerprint density at radius 1 is 1.20 bits per heavy atom. The van der Waals surface area contributed by atoms with Crippen molar-refractivity contribution < 1.29 is 14.6 Å². The number of amides is 1. The van der Waals surface area contributed by atoms with Crippen molar-refractivity contribution in [2.75, 3.05) is 32.1 Å². The molecular weight excluding hydrogens is 256 g/mol. The van der Waals surface area contributed by atoms with Gasteiger partial charge in [-0.05, 0) is 31.5 Å². The van der Waals surface area contributed by atoms with E-state index in [4.69, 9.17) is 9.84 Å². The van der Waals surface area contributed by atoms with Crippen LogP contribution in [0.2, 0.25) is 0 Å². The summed E-state index contributed by atoms with van der Waals surface area (Å²) in [7, 11) is 1.58. The first-order valence-electron chi connectivity index (χ1n) is 7.02. The number of para-hydroxylation sites is 2. The molecule has 1 rings (SSSR count). The molecule has 0 fully saturated rings. The monoisotopic (exact) mass is 280 g/mol. The third-order valence-electron chi connectivity index (χ3n) is 2.93. The zero-order valence-electron chi connectivity index (χ0n) is 12.0. The average molecular weight is 280 g/mol. The van der Waals surface area contributed by atoms with Crippen LogP contribution >= 0.6 is 0 Å². The molecule has 0 aromatic heterocycles. The highest BCUT2D eigenvalue weighted by molar-refractivity contribution is 5.93. The molecule has 112 valence electrons. The minimum absolute atomic E-state index is 0.0788. The minimum atomic E-state index is -0.0788. The van der Waals surface area contributed by atoms with E-state index in [1.54, 1.807) is 7.11 Å². The number of methoxy groups -OCH3 is 1. The normalized spacial score (nSPS) is 10.3. The predicted octanol–water partition coefficient (Wildman–Crippen LogP) is 1.78. The van der Waals surface area contributed by atoms with Crippen LogP contribution in [0.25, 0.3) is 0 Å². The quantitative estimate of drug-likeness (QED) is 0.571. The van der Waals surface area contributed by atoms with E-state index in [9.17, 15) is 4.79 Å². The maximum Gasteiger partial charge on any atom is 0.238 e. The molecule has 0 bridgehead atoms. The van der Waals surface area contributed by atoms with Gasteiger partial charge in [0, 0.05) is 6.61 Å². The van der Waals surface area contributed by atoms with E-state index in [1.807, 2.05) is 24.3 Å². The Kier molecular flexibility index (Phi) is 8.42. The van der Waals surface area contributed by atoms with Crippen molar-refractivity contribution in [3.8, 4) is 5.75 Å². The predicted molar refractivity (Wildman–Crippen MR) is 80.0 cm³/mol. The van der Waals surface area contributed by atoms with Gasteiger partial charge in [0.25, 0.3) is 0 Å². The summed E-state index contributed by atoms with van der Waals surface area (Å²) in [6.45, 7) is 1.36. The second-order valence-corrected chi connectivity index (χ2v) is 4.56. The number of carbonyl (C=O) groups excluding carboxylic acids is 1. The summed E-state index contributed by atoms with van der Waals surface area (Å²) in [6, 6.07) is 7.33. The van der Waals surface area contributed by atoms with Gasteiger partial charge in [-0.1, -0.05) is 25.0 Å². The molecule has 5 heteroatoms. The summed E-state index contributed by atoms with van der Waals surface area (Å²) < 4.78 is 5.17. The highest BCUT2D eigenvalue weighted by atomic mass is 16.5. The van der Waals surface area contributed by atoms with Gasteiger partial charge in [0.1, 0.15) is 5.75 Å². The van der Waals surface area contributed by atoms with E-state index in [2.05, 4.69) is 10.6 Å². The number of ether oxygens (including phenoxy) is 1. The number of aliphatic hydroxyl groups excluding tert-OH is 1. The number of carbonyl (C=O) groups is 1. The summed E-state index contributed by atoms with van der Waals surface area (Å²) in [4.78, 5) is 11.8. The van der Waals surface area contributed by atoms with Crippen LogP contribution in [-0.2, 0) is 4.79 Å². The zero-order chi connectivity index (χ0) is 14.6. The molecule has 0 aliphatic carbocycles. The molecule has 0 saturated carbocycles. The molecule has 0 aliphatic heterocycles. The maximum atomic E-state index is 11.8. The number of rotatable bonds is 10. The van der Waals surface area contributed by atoms with Crippen LogP contribution in [0.4, 0.5) is 5.69 Å². The molecule has 0 radical (unpaired) electrons. The molecule has 0 aliphatic rings. The van der Waals surface area contributed by atoms with Crippen LogP contribution in [-0.4, -0.2) is 37.8 Å². The lowest BCUT2D eigenvalue weighted by atomic mass is 10.2. The van der Waals surface area contributed by atoms with Gasteiger partial charge in [0.15, 0.2) is 0 Å². The Morgan fingerprint density at radius 3 is 2.70 bits per heavy atom. The van der Waals surface area contributed by atoms with Crippen LogP contribution < -0.4 is 15.4 Å². The van der Waals surface area contributed by atoms with E-state index in [0.29, 0.717) is 11.4 Å². The summed E-state index contributed by atoms with van der Waals surface area (Å²) >= 11 is 0. The Labute approximate surface area is 120 Å². The second kappa shape index (κ2) is 10.2. The van der Waals surface area contributed by atoms with Gasteiger partial charge in [0.2, 0.25) is 5.91 Å². The van der Waals surface area contributed by atoms with Gasteiger partial charge in [-0.15, -0.1) is 0 Å². The Bertz CT molecular complexity index is 396. The number of unbranched alkanes of at least 4 members (excludes halogenated alkanes) is 3. The largest absolute Gasteiger partial charge is 0.495 e. The van der Waals surface area contributed by atoms with Crippen molar-refractivity contribution in [3.63, 3.8) is 0 Å². The number of nitrogens with one attached hydrogen (secondary N) is 2. The molecule has 0 atom stereocenters. The van der Waals surface area contributed by atoms with Gasteiger partial charge in [-0.25, -0.2) is 0 Å². The first-order chi connectivity index (χ1) is 9.77. The van der Waals surface area contributed by atoms with E-state index in [-0.39, 0.29) is 19.1 Å². The van der Waals surface area contributed by atoms with Crippen LogP contribution in [0.3, 0.4) is 0 Å². The Balaban J connectivity index is 2.17. The van der Waals surface area contributed by atoms with E-state index in [1.165, 1.54) is 0 Å². The first-order valence-corrected chi connectivity index (χ1v) is 7.02. The van der Waals surface area contributed by atoms with Crippen molar-refractivity contribution in [3.05, 3.63) is 24.3 Å². The maximum absolute atomic E-state index is 11.8. The van der Waals surface area contributed by atoms with Gasteiger partial charge >= 0.3 is 0 Å². The smallest absolute Gasteiger partial charge is 0.238 e. The number of hydrogen-bond donors (Lipinski definition) is 3. The van der Waals surface area contributed by atoms with Gasteiger partial charge in [0.05, 0.1) is 19.3 Å². The molecular formula is C15H24N2O3. The Morgan fingerprint density at radius 2 is 1.95 bits per heavy atom. The lowest BCUT2D eigenvalue weighted by Gasteiger charge is -2.10. The average Bonchev–Trinajstić information content (AvgIpc) is 2.47. The van der Waals surface area contributed by atoms with Crippen molar-refractivity contribution in [2.24, 2.45) is 0 Å². The molecule has 0 heterocycles. The molecule has 1 aromatic rings. The van der Waals surface area contributed by atoms with Crippen LogP contribution in [0.15, 0.2) is 24.3 Å². The van der Waals surface area contributed by atoms with Crippen molar-refractivity contribution >= 4 is 11.6 Å². The molecule has 3 N–H and O–H groups in total. The lowest BCUT2D eigenvalue weighted by molar-refractivity contribution is -0.115. The molecule has 5 nitrogen and oxygen atoms in total. The van der Waals surface area contributed by atoms with Crippen LogP contribution in [0, 0.1) is 0 Å². The molecule has 0 saturated heterocycles. The summed E-state index contributed by atoms with van der Waals surface area (Å²) in [5.74, 6) is 0.578. The Hall–Kier alpha value is -1.59. The lowest BCUT2D eigenvalue weighted by Crippen LogP contribution is -2.28. The van der Waals surface area contributed by atoms with Crippen molar-refractivity contribution in [1.29, 1.82) is 0 Å². The molecule has 0 spiro atoms. The van der Waals surface area contributed by atoms with Gasteiger partial charge in [-0.2, -0.15) is 0 Å². The number of hydrogen-bond acceptors (Lipinski definition) is 4. The van der Waals surface area contributed by atoms with Crippen LogP contribution in [0.1, 0.15) is 25.7 Å². The summed E-state index contributed by atoms with van der Waals surface area (Å²) in [5, 5.41) is 14.6. The third-order valence-corrected chi connectivity index (χ3v) is 2.93. The number of anilines is 1. The highest BCUT2D eigenvalue weighted by Gasteiger charge is 2.05. The molecule has 0 unspecified atom stereocenters. The molecule has 1 amide bonds. The van der Waals surface area contributed by atoms with Crippen LogP contribution in [0.5, 0.6) is 5.75 Å². The highest BCUT2D eigenvalue weighted by Crippen LogP contribution is 2.22. The zero-order valence-corrected chi connectivity index (χ0v) is 12.0. The van der Waals surface area contributed by atoms with E-state index < -0.39 is 0 Å². The standard InChI is InChI=1S/C15H24N2O3/c1-20-14-9-5-4-8-13(14)17-15(19)12-16-10-6-2-3-7-11-18/h4-5,8-9,16,18H,2-3,6-7,10-12H2,1H3,(H,17,19). The SMILES string of the molecule is COc1ccccc1NC(=O)CNCCCCCCO. The van der Waals surface area contributed by atoms with E-state index in [0.717, 1.165) is 32.2 Å². The van der Waals surface area contributed by atoms with Gasteiger partial charge in [-0.3, -0.25) is 4.79 Å². The van der Waals surface area contributed by atoms with Gasteiger partial charge < -0.3 is 20.5 Å². The fourth-order valence-electron chi connectivity index (χ4n) is 1.86. The first kappa shape index (κ1) is 16.5. The summed E-state index contributed by atoms with van der Waals surface area (Å²) in [5.41, 5.74) is 0.685. The van der Waals surface area contributed by atoms with Crippen molar-refractivity contribution in [2.45, 2.75) is 25.7 Å². The molecule has 20 heavy (non-hydrogen) atoms. The number of benzene rings is 1. The topological polar surface area (TPSA) is 70.6 Å². The van der Waals surface area contributed by atoms with Crippen molar-refractivity contribution in [1.82, 2.24) is 5.32 Å². The fraction of sp³-hybridized carbons (Fsp3) is 0.533. The summed E-state index contributed by atoms with van der Waals surface area (Å²) in [6.07, 6.45) is 3.98. The fourth-order valence-corrected chi connectivity index (χ4v) is 1.86.